The average Bonchev–Trinajstić information content (AvgIpc) is 3.36. The summed E-state index contributed by atoms with van der Waals surface area (Å²) in [4.78, 5) is 28.1. The van der Waals surface area contributed by atoms with Crippen molar-refractivity contribution in [2.24, 2.45) is 11.3 Å². The van der Waals surface area contributed by atoms with Crippen LogP contribution in [0.25, 0.3) is 0 Å². The first kappa shape index (κ1) is 28.3. The first-order valence-electron chi connectivity index (χ1n) is 12.0. The lowest BCUT2D eigenvalue weighted by atomic mass is 9.85. The molecule has 0 spiro atoms. The van der Waals surface area contributed by atoms with Crippen molar-refractivity contribution in [2.45, 2.75) is 58.3 Å². The van der Waals surface area contributed by atoms with Crippen molar-refractivity contribution in [1.29, 1.82) is 0 Å². The van der Waals surface area contributed by atoms with Crippen LogP contribution in [0.15, 0.2) is 18.2 Å². The number of carbonyl (C=O) groups excluding carboxylic acids is 2. The van der Waals surface area contributed by atoms with Crippen molar-refractivity contribution < 1.29 is 31.5 Å². The van der Waals surface area contributed by atoms with Crippen LogP contribution in [0.2, 0.25) is 0 Å². The van der Waals surface area contributed by atoms with Crippen LogP contribution in [0, 0.1) is 23.0 Å². The van der Waals surface area contributed by atoms with Crippen LogP contribution in [-0.2, 0) is 19.6 Å². The minimum Gasteiger partial charge on any atom is -0.493 e. The van der Waals surface area contributed by atoms with Gasteiger partial charge in [0, 0.05) is 31.1 Å². The predicted molar refractivity (Wildman–Crippen MR) is 131 cm³/mol. The van der Waals surface area contributed by atoms with E-state index < -0.39 is 57.2 Å². The van der Waals surface area contributed by atoms with Gasteiger partial charge in [0.1, 0.15) is 11.8 Å². The molecule has 0 radical (unpaired) electrons. The number of sulfonamides is 1. The third-order valence-electron chi connectivity index (χ3n) is 6.98. The number of ether oxygens (including phenoxy) is 1. The smallest absolute Gasteiger partial charge is 0.246 e. The molecular weight excluding hydrogens is 494 g/mol. The highest BCUT2D eigenvalue weighted by molar-refractivity contribution is 7.88. The normalized spacial score (nSPS) is 24.3. The highest BCUT2D eigenvalue weighted by atomic mass is 32.2. The molecule has 2 N–H and O–H groups in total. The van der Waals surface area contributed by atoms with Gasteiger partial charge in [0.2, 0.25) is 21.8 Å². The van der Waals surface area contributed by atoms with Crippen molar-refractivity contribution >= 4 is 21.8 Å². The molecule has 2 aliphatic rings. The van der Waals surface area contributed by atoms with Crippen LogP contribution in [0.3, 0.4) is 0 Å². The molecule has 2 fully saturated rings. The number of likely N-dealkylation sites (tertiary alicyclic amines) is 1. The van der Waals surface area contributed by atoms with Crippen LogP contribution in [0.1, 0.15) is 34.1 Å². The summed E-state index contributed by atoms with van der Waals surface area (Å²) in [7, 11) is -1.91. The molecule has 1 unspecified atom stereocenters. The van der Waals surface area contributed by atoms with E-state index in [1.54, 1.807) is 18.9 Å². The minimum atomic E-state index is -3.56. The standard InChI is InChI=1S/C24H36F2N4O5S/c1-14(27-5)22(31)28-21(24(2,3)4)23(32)29-10-9-19-20(29)15(12-30(19)36(6,33)34)13-35-16-7-8-17(25)18(26)11-16/h7-8,11,14-15,19-21,27H,9-10,12-13H2,1-6H3,(H,28,31)/t14-,15+,19+,20+,21?/m0/s1. The molecule has 1 aromatic carbocycles. The van der Waals surface area contributed by atoms with Crippen molar-refractivity contribution in [2.75, 3.05) is 33.0 Å². The number of halogens is 2. The summed E-state index contributed by atoms with van der Waals surface area (Å²) < 4.78 is 59.1. The van der Waals surface area contributed by atoms with E-state index in [0.717, 1.165) is 18.4 Å². The Morgan fingerprint density at radius 2 is 1.89 bits per heavy atom. The number of benzene rings is 1. The first-order chi connectivity index (χ1) is 16.6. The Labute approximate surface area is 211 Å². The van der Waals surface area contributed by atoms with Crippen LogP contribution in [0.5, 0.6) is 5.75 Å². The fourth-order valence-electron chi connectivity index (χ4n) is 4.93. The SMILES string of the molecule is CN[C@@H](C)C(=O)NC(C(=O)N1CC[C@@H]2[C@H]1[C@@H](COc1ccc(F)c(F)c1)CN2S(C)(=O)=O)C(C)(C)C. The molecular formula is C24H36F2N4O5S. The van der Waals surface area contributed by atoms with Gasteiger partial charge in [0.05, 0.1) is 24.9 Å². The van der Waals surface area contributed by atoms with Gasteiger partial charge in [-0.05, 0) is 37.9 Å². The molecule has 202 valence electrons. The van der Waals surface area contributed by atoms with E-state index in [4.69, 9.17) is 4.74 Å². The van der Waals surface area contributed by atoms with E-state index in [9.17, 15) is 26.8 Å². The second kappa shape index (κ2) is 10.6. The Morgan fingerprint density at radius 1 is 1.22 bits per heavy atom. The van der Waals surface area contributed by atoms with Gasteiger partial charge in [-0.25, -0.2) is 17.2 Å². The van der Waals surface area contributed by atoms with Gasteiger partial charge in [-0.3, -0.25) is 9.59 Å². The molecule has 2 amide bonds. The molecule has 2 aliphatic heterocycles. The van der Waals surface area contributed by atoms with Crippen LogP contribution in [0.4, 0.5) is 8.78 Å². The molecule has 0 saturated carbocycles. The Hall–Kier alpha value is -2.31. The van der Waals surface area contributed by atoms with E-state index in [-0.39, 0.29) is 30.7 Å². The zero-order valence-corrected chi connectivity index (χ0v) is 22.4. The zero-order chi connectivity index (χ0) is 27.0. The largest absolute Gasteiger partial charge is 0.493 e. The monoisotopic (exact) mass is 530 g/mol. The highest BCUT2D eigenvalue weighted by Crippen LogP contribution is 2.38. The van der Waals surface area contributed by atoms with E-state index in [1.165, 1.54) is 10.4 Å². The third-order valence-corrected chi connectivity index (χ3v) is 8.25. The molecule has 3 rings (SSSR count). The Kier molecular flexibility index (Phi) is 8.31. The van der Waals surface area contributed by atoms with E-state index >= 15 is 0 Å². The molecule has 9 nitrogen and oxygen atoms in total. The average molecular weight is 531 g/mol. The predicted octanol–water partition coefficient (Wildman–Crippen LogP) is 1.34. The number of carbonyl (C=O) groups is 2. The first-order valence-corrected chi connectivity index (χ1v) is 13.8. The lowest BCUT2D eigenvalue weighted by Gasteiger charge is -2.37. The molecule has 0 aliphatic carbocycles. The number of hydrogen-bond acceptors (Lipinski definition) is 6. The summed E-state index contributed by atoms with van der Waals surface area (Å²) >= 11 is 0. The van der Waals surface area contributed by atoms with Gasteiger partial charge in [-0.15, -0.1) is 0 Å². The fourth-order valence-corrected chi connectivity index (χ4v) is 6.11. The fraction of sp³-hybridized carbons (Fsp3) is 0.667. The van der Waals surface area contributed by atoms with Crippen molar-refractivity contribution in [3.05, 3.63) is 29.8 Å². The molecule has 36 heavy (non-hydrogen) atoms. The quantitative estimate of drug-likeness (QED) is 0.525. The zero-order valence-electron chi connectivity index (χ0n) is 21.5. The topological polar surface area (TPSA) is 108 Å². The lowest BCUT2D eigenvalue weighted by Crippen LogP contribution is -2.59. The second-order valence-electron chi connectivity index (χ2n) is 10.7. The minimum absolute atomic E-state index is 0.00533. The Bertz CT molecular complexity index is 1090. The van der Waals surface area contributed by atoms with Gasteiger partial charge in [0.25, 0.3) is 0 Å². The Balaban J connectivity index is 1.87. The lowest BCUT2D eigenvalue weighted by molar-refractivity contribution is -0.141. The maximum atomic E-state index is 13.8. The molecule has 1 aromatic rings. The van der Waals surface area contributed by atoms with Crippen LogP contribution in [-0.4, -0.2) is 86.6 Å². The van der Waals surface area contributed by atoms with Gasteiger partial charge in [0.15, 0.2) is 11.6 Å². The number of nitrogens with one attached hydrogen (secondary N) is 2. The van der Waals surface area contributed by atoms with Crippen molar-refractivity contribution in [3.63, 3.8) is 0 Å². The van der Waals surface area contributed by atoms with E-state index in [0.29, 0.717) is 13.0 Å². The summed E-state index contributed by atoms with van der Waals surface area (Å²) in [6.07, 6.45) is 1.58. The number of nitrogens with zero attached hydrogens (tertiary/aromatic N) is 2. The summed E-state index contributed by atoms with van der Waals surface area (Å²) in [5.74, 6) is -2.95. The summed E-state index contributed by atoms with van der Waals surface area (Å²) in [5, 5.41) is 5.72. The molecule has 0 bridgehead atoms. The van der Waals surface area contributed by atoms with E-state index in [1.807, 2.05) is 20.8 Å². The number of rotatable bonds is 8. The van der Waals surface area contributed by atoms with Crippen LogP contribution < -0.4 is 15.4 Å². The highest BCUT2D eigenvalue weighted by Gasteiger charge is 2.54. The van der Waals surface area contributed by atoms with Crippen molar-refractivity contribution in [3.8, 4) is 5.75 Å². The van der Waals surface area contributed by atoms with Gasteiger partial charge in [-0.2, -0.15) is 4.31 Å². The van der Waals surface area contributed by atoms with E-state index in [2.05, 4.69) is 10.6 Å². The van der Waals surface area contributed by atoms with Gasteiger partial charge in [-0.1, -0.05) is 20.8 Å². The third kappa shape index (κ3) is 5.97. The number of likely N-dealkylation sites (N-methyl/N-ethyl adjacent to an activating group) is 1. The number of hydrogen-bond donors (Lipinski definition) is 2. The molecule has 2 heterocycles. The number of fused-ring (bicyclic) bond motifs is 1. The number of amides is 2. The molecule has 0 aromatic heterocycles. The maximum absolute atomic E-state index is 13.8. The van der Waals surface area contributed by atoms with Gasteiger partial charge < -0.3 is 20.3 Å². The summed E-state index contributed by atoms with van der Waals surface area (Å²) in [5.41, 5.74) is -0.606. The van der Waals surface area contributed by atoms with Gasteiger partial charge >= 0.3 is 0 Å². The van der Waals surface area contributed by atoms with Crippen molar-refractivity contribution in [1.82, 2.24) is 19.8 Å². The summed E-state index contributed by atoms with van der Waals surface area (Å²) in [6.45, 7) is 7.72. The van der Waals surface area contributed by atoms with Crippen LogP contribution >= 0.6 is 0 Å². The second-order valence-corrected chi connectivity index (χ2v) is 12.6. The maximum Gasteiger partial charge on any atom is 0.246 e. The Morgan fingerprint density at radius 3 is 2.44 bits per heavy atom. The molecule has 12 heteroatoms. The molecule has 5 atom stereocenters. The molecule has 2 saturated heterocycles. The summed E-state index contributed by atoms with van der Waals surface area (Å²) in [6, 6.07) is 0.931.